The van der Waals surface area contributed by atoms with Crippen LogP contribution in [-0.4, -0.2) is 37.6 Å². The molecule has 0 aliphatic heterocycles. The Morgan fingerprint density at radius 3 is 2.40 bits per heavy atom. The monoisotopic (exact) mass is 376 g/mol. The second-order valence-electron chi connectivity index (χ2n) is 5.04. The summed E-state index contributed by atoms with van der Waals surface area (Å²) in [6.07, 6.45) is -4.64. The van der Waals surface area contributed by atoms with E-state index in [-0.39, 0.29) is 23.5 Å². The molecule has 3 N–H and O–H groups in total. The van der Waals surface area contributed by atoms with Crippen molar-refractivity contribution in [3.8, 4) is 0 Å². The van der Waals surface area contributed by atoms with Crippen LogP contribution < -0.4 is 10.0 Å². The number of carbonyl (C=O) groups is 1. The van der Waals surface area contributed by atoms with Gasteiger partial charge in [-0.25, -0.2) is 13.1 Å². The largest absolute Gasteiger partial charge is 0.433 e. The maximum atomic E-state index is 12.6. The summed E-state index contributed by atoms with van der Waals surface area (Å²) in [5.41, 5.74) is -1.81. The smallest absolute Gasteiger partial charge is 0.349 e. The molecule has 2 aromatic rings. The van der Waals surface area contributed by atoms with Gasteiger partial charge in [0.1, 0.15) is 5.69 Å². The average Bonchev–Trinajstić information content (AvgIpc) is 2.94. The van der Waals surface area contributed by atoms with Crippen LogP contribution in [0.15, 0.2) is 35.2 Å². The minimum absolute atomic E-state index is 0.0688. The van der Waals surface area contributed by atoms with Gasteiger partial charge in [0.25, 0.3) is 5.91 Å². The van der Waals surface area contributed by atoms with Gasteiger partial charge in [-0.1, -0.05) is 18.2 Å². The molecule has 0 aliphatic carbocycles. The fraction of sp³-hybridized carbons (Fsp3) is 0.286. The van der Waals surface area contributed by atoms with Crippen LogP contribution >= 0.6 is 0 Å². The predicted octanol–water partition coefficient (Wildman–Crippen LogP) is 1.45. The number of amides is 1. The molecule has 2 rings (SSSR count). The molecule has 0 aliphatic rings. The van der Waals surface area contributed by atoms with Crippen molar-refractivity contribution in [2.45, 2.75) is 18.0 Å². The van der Waals surface area contributed by atoms with Gasteiger partial charge in [0, 0.05) is 18.7 Å². The molecule has 0 radical (unpaired) electrons. The van der Waals surface area contributed by atoms with Gasteiger partial charge < -0.3 is 5.32 Å². The first kappa shape index (κ1) is 18.9. The molecule has 7 nitrogen and oxygen atoms in total. The SMILES string of the molecule is Cc1c(C(=O)NCCNS(=O)(=O)c2ccccc2)n[nH]c1C(F)(F)F. The lowest BCUT2D eigenvalue weighted by atomic mass is 10.2. The number of rotatable bonds is 6. The van der Waals surface area contributed by atoms with E-state index < -0.39 is 33.5 Å². The third-order valence-corrected chi connectivity index (χ3v) is 4.74. The Hall–Kier alpha value is -2.40. The second-order valence-corrected chi connectivity index (χ2v) is 6.80. The summed E-state index contributed by atoms with van der Waals surface area (Å²) >= 11 is 0. The number of nitrogens with one attached hydrogen (secondary N) is 3. The molecule has 1 amide bonds. The number of carbonyl (C=O) groups excluding carboxylic acids is 1. The van der Waals surface area contributed by atoms with Crippen LogP contribution in [0, 0.1) is 6.92 Å². The maximum Gasteiger partial charge on any atom is 0.433 e. The van der Waals surface area contributed by atoms with Crippen LogP contribution in [0.3, 0.4) is 0 Å². The van der Waals surface area contributed by atoms with E-state index in [1.54, 1.807) is 23.3 Å². The number of aromatic nitrogens is 2. The van der Waals surface area contributed by atoms with Gasteiger partial charge in [0.15, 0.2) is 5.69 Å². The third-order valence-electron chi connectivity index (χ3n) is 3.26. The van der Waals surface area contributed by atoms with E-state index in [4.69, 9.17) is 0 Å². The molecule has 0 atom stereocenters. The van der Waals surface area contributed by atoms with E-state index in [0.29, 0.717) is 0 Å². The molecule has 0 fully saturated rings. The number of hydrogen-bond donors (Lipinski definition) is 3. The van der Waals surface area contributed by atoms with Gasteiger partial charge in [-0.2, -0.15) is 18.3 Å². The summed E-state index contributed by atoms with van der Waals surface area (Å²) in [7, 11) is -3.72. The minimum Gasteiger partial charge on any atom is -0.349 e. The molecule has 0 saturated carbocycles. The topological polar surface area (TPSA) is 104 Å². The van der Waals surface area contributed by atoms with Crippen LogP contribution in [0.5, 0.6) is 0 Å². The summed E-state index contributed by atoms with van der Waals surface area (Å²) in [6.45, 7) is 0.885. The molecule has 0 saturated heterocycles. The summed E-state index contributed by atoms with van der Waals surface area (Å²) in [5.74, 6) is -0.830. The molecule has 0 spiro atoms. The zero-order valence-electron chi connectivity index (χ0n) is 13.0. The fourth-order valence-electron chi connectivity index (χ4n) is 2.02. The first-order chi connectivity index (χ1) is 11.6. The van der Waals surface area contributed by atoms with Gasteiger partial charge in [-0.05, 0) is 19.1 Å². The van der Waals surface area contributed by atoms with Gasteiger partial charge in [0.2, 0.25) is 10.0 Å². The van der Waals surface area contributed by atoms with Gasteiger partial charge in [0.05, 0.1) is 4.90 Å². The van der Waals surface area contributed by atoms with Crippen molar-refractivity contribution in [3.05, 3.63) is 47.3 Å². The summed E-state index contributed by atoms with van der Waals surface area (Å²) in [6, 6.07) is 7.61. The Morgan fingerprint density at radius 1 is 1.20 bits per heavy atom. The lowest BCUT2D eigenvalue weighted by Crippen LogP contribution is -2.35. The Bertz CT molecular complexity index is 848. The molecule has 1 aromatic heterocycles. The number of aromatic amines is 1. The van der Waals surface area contributed by atoms with Crippen LogP contribution in [-0.2, 0) is 16.2 Å². The molecular formula is C14H15F3N4O3S. The highest BCUT2D eigenvalue weighted by Crippen LogP contribution is 2.30. The summed E-state index contributed by atoms with van der Waals surface area (Å²) in [4.78, 5) is 11.9. The van der Waals surface area contributed by atoms with E-state index >= 15 is 0 Å². The zero-order valence-corrected chi connectivity index (χ0v) is 13.8. The van der Waals surface area contributed by atoms with E-state index in [0.717, 1.165) is 6.92 Å². The van der Waals surface area contributed by atoms with Crippen LogP contribution in [0.25, 0.3) is 0 Å². The highest BCUT2D eigenvalue weighted by Gasteiger charge is 2.36. The molecule has 25 heavy (non-hydrogen) atoms. The van der Waals surface area contributed by atoms with Crippen LogP contribution in [0.4, 0.5) is 13.2 Å². The highest BCUT2D eigenvalue weighted by molar-refractivity contribution is 7.89. The Balaban J connectivity index is 1.91. The standard InChI is InChI=1S/C14H15F3N4O3S/c1-9-11(20-21-12(9)14(15,16)17)13(22)18-7-8-19-25(23,24)10-5-3-2-4-6-10/h2-6,19H,7-8H2,1H3,(H,18,22)(H,20,21). The van der Waals surface area contributed by atoms with Gasteiger partial charge >= 0.3 is 6.18 Å². The third kappa shape index (κ3) is 4.57. The fourth-order valence-corrected chi connectivity index (χ4v) is 3.08. The second kappa shape index (κ2) is 7.23. The summed E-state index contributed by atoms with van der Waals surface area (Å²) < 4.78 is 64.1. The summed E-state index contributed by atoms with van der Waals surface area (Å²) in [5, 5.41) is 7.46. The minimum atomic E-state index is -4.64. The molecule has 0 unspecified atom stereocenters. The van der Waals surface area contributed by atoms with Crippen molar-refractivity contribution in [2.24, 2.45) is 0 Å². The molecule has 0 bridgehead atoms. The molecule has 1 heterocycles. The van der Waals surface area contributed by atoms with Crippen molar-refractivity contribution < 1.29 is 26.4 Å². The van der Waals surface area contributed by atoms with Crippen molar-refractivity contribution in [3.63, 3.8) is 0 Å². The zero-order chi connectivity index (χ0) is 18.7. The number of halogens is 3. The van der Waals surface area contributed by atoms with Crippen molar-refractivity contribution in [2.75, 3.05) is 13.1 Å². The van der Waals surface area contributed by atoms with E-state index in [9.17, 15) is 26.4 Å². The lowest BCUT2D eigenvalue weighted by Gasteiger charge is -2.08. The number of benzene rings is 1. The van der Waals surface area contributed by atoms with Crippen molar-refractivity contribution in [1.82, 2.24) is 20.2 Å². The van der Waals surface area contributed by atoms with Crippen LogP contribution in [0.2, 0.25) is 0 Å². The lowest BCUT2D eigenvalue weighted by molar-refractivity contribution is -0.141. The van der Waals surface area contributed by atoms with E-state index in [2.05, 4.69) is 15.1 Å². The highest BCUT2D eigenvalue weighted by atomic mass is 32.2. The quantitative estimate of drug-likeness (QED) is 0.664. The number of alkyl halides is 3. The number of H-pyrrole nitrogens is 1. The van der Waals surface area contributed by atoms with Gasteiger partial charge in [-0.3, -0.25) is 9.89 Å². The first-order valence-corrected chi connectivity index (χ1v) is 8.56. The Labute approximate surface area is 141 Å². The molecular weight excluding hydrogens is 361 g/mol. The predicted molar refractivity (Wildman–Crippen MR) is 82.3 cm³/mol. The molecule has 1 aromatic carbocycles. The number of hydrogen-bond acceptors (Lipinski definition) is 4. The Morgan fingerprint density at radius 2 is 1.84 bits per heavy atom. The van der Waals surface area contributed by atoms with Gasteiger partial charge in [-0.15, -0.1) is 0 Å². The maximum absolute atomic E-state index is 12.6. The van der Waals surface area contributed by atoms with E-state index in [1.807, 2.05) is 0 Å². The normalized spacial score (nSPS) is 12.2. The Kier molecular flexibility index (Phi) is 5.48. The van der Waals surface area contributed by atoms with E-state index in [1.165, 1.54) is 12.1 Å². The molecule has 136 valence electrons. The van der Waals surface area contributed by atoms with Crippen molar-refractivity contribution >= 4 is 15.9 Å². The first-order valence-electron chi connectivity index (χ1n) is 7.08. The number of nitrogens with zero attached hydrogens (tertiary/aromatic N) is 1. The average molecular weight is 376 g/mol. The van der Waals surface area contributed by atoms with Crippen LogP contribution in [0.1, 0.15) is 21.7 Å². The molecule has 11 heteroatoms. The number of sulfonamides is 1. The van der Waals surface area contributed by atoms with Crippen molar-refractivity contribution in [1.29, 1.82) is 0 Å².